The Morgan fingerprint density at radius 1 is 1.32 bits per heavy atom. The molecule has 0 unspecified atom stereocenters. The van der Waals surface area contributed by atoms with Crippen molar-refractivity contribution in [2.24, 2.45) is 0 Å². The molecule has 2 N–H and O–H groups in total. The number of aromatic nitrogens is 3. The van der Waals surface area contributed by atoms with Gasteiger partial charge in [0.25, 0.3) is 5.91 Å². The quantitative estimate of drug-likeness (QED) is 0.666. The summed E-state index contributed by atoms with van der Waals surface area (Å²) in [6, 6.07) is 3.81. The van der Waals surface area contributed by atoms with Gasteiger partial charge in [0.05, 0.1) is 45.2 Å². The van der Waals surface area contributed by atoms with Crippen LogP contribution in [0.3, 0.4) is 0 Å². The van der Waals surface area contributed by atoms with E-state index < -0.39 is 0 Å². The number of carbonyl (C=O) groups excluding carboxylic acids is 1. The molecular formula is C13H8N4OS. The van der Waals surface area contributed by atoms with Crippen LogP contribution in [0.5, 0.6) is 0 Å². The number of nitrogens with one attached hydrogen (secondary N) is 2. The summed E-state index contributed by atoms with van der Waals surface area (Å²) in [6.07, 6.45) is 5.09. The van der Waals surface area contributed by atoms with Gasteiger partial charge >= 0.3 is 0 Å². The summed E-state index contributed by atoms with van der Waals surface area (Å²) in [5, 5.41) is 2.88. The van der Waals surface area contributed by atoms with E-state index in [4.69, 9.17) is 0 Å². The molecule has 5 nitrogen and oxygen atoms in total. The Morgan fingerprint density at radius 3 is 3.11 bits per heavy atom. The standard InChI is InChI=1S/C13H8N4OS/c18-13-8(3-7-4-14-5-15-7)11-9(17-13)1-2-10-12(11)19-6-16-10/h1-6H,(H,14,15)(H,17,18)/b8-3-. The van der Waals surface area contributed by atoms with Crippen LogP contribution in [-0.2, 0) is 4.79 Å². The van der Waals surface area contributed by atoms with Crippen LogP contribution in [0.4, 0.5) is 5.69 Å². The average molecular weight is 268 g/mol. The van der Waals surface area contributed by atoms with Gasteiger partial charge in [-0.1, -0.05) is 0 Å². The summed E-state index contributed by atoms with van der Waals surface area (Å²) in [6.45, 7) is 0. The molecule has 0 spiro atoms. The molecular weight excluding hydrogens is 260 g/mol. The van der Waals surface area contributed by atoms with E-state index in [1.54, 1.807) is 29.4 Å². The van der Waals surface area contributed by atoms with Gasteiger partial charge in [0, 0.05) is 5.56 Å². The van der Waals surface area contributed by atoms with Gasteiger partial charge in [0.1, 0.15) is 0 Å². The zero-order valence-electron chi connectivity index (χ0n) is 9.68. The first-order valence-corrected chi connectivity index (χ1v) is 6.59. The molecule has 1 aromatic carbocycles. The van der Waals surface area contributed by atoms with E-state index in [-0.39, 0.29) is 5.91 Å². The minimum absolute atomic E-state index is 0.0921. The van der Waals surface area contributed by atoms with E-state index in [1.165, 1.54) is 0 Å². The molecule has 0 atom stereocenters. The monoisotopic (exact) mass is 268 g/mol. The van der Waals surface area contributed by atoms with Crippen LogP contribution in [0, 0.1) is 0 Å². The molecule has 0 saturated heterocycles. The maximum Gasteiger partial charge on any atom is 0.256 e. The fourth-order valence-corrected chi connectivity index (χ4v) is 3.09. The highest BCUT2D eigenvalue weighted by molar-refractivity contribution is 7.17. The van der Waals surface area contributed by atoms with E-state index in [2.05, 4.69) is 20.3 Å². The molecule has 3 heterocycles. The molecule has 1 aliphatic rings. The van der Waals surface area contributed by atoms with E-state index >= 15 is 0 Å². The van der Waals surface area contributed by atoms with Crippen LogP contribution >= 0.6 is 11.3 Å². The van der Waals surface area contributed by atoms with Crippen molar-refractivity contribution in [3.63, 3.8) is 0 Å². The number of rotatable bonds is 1. The molecule has 2 aromatic heterocycles. The molecule has 0 bridgehead atoms. The summed E-state index contributed by atoms with van der Waals surface area (Å²) in [5.41, 5.74) is 5.93. The molecule has 19 heavy (non-hydrogen) atoms. The molecule has 0 saturated carbocycles. The Bertz CT molecular complexity index is 816. The molecule has 0 aliphatic carbocycles. The second-order valence-corrected chi connectivity index (χ2v) is 5.06. The van der Waals surface area contributed by atoms with Crippen LogP contribution in [0.2, 0.25) is 0 Å². The fraction of sp³-hybridized carbons (Fsp3) is 0. The van der Waals surface area contributed by atoms with Crippen molar-refractivity contribution in [3.05, 3.63) is 41.4 Å². The molecule has 6 heteroatoms. The summed E-state index contributed by atoms with van der Waals surface area (Å²) in [5.74, 6) is -0.0921. The number of H-pyrrole nitrogens is 1. The zero-order chi connectivity index (χ0) is 12.8. The molecule has 4 rings (SSSR count). The van der Waals surface area contributed by atoms with Crippen LogP contribution in [0.15, 0.2) is 30.2 Å². The smallest absolute Gasteiger partial charge is 0.256 e. The predicted molar refractivity (Wildman–Crippen MR) is 74.7 cm³/mol. The topological polar surface area (TPSA) is 70.7 Å². The Kier molecular flexibility index (Phi) is 2.07. The number of carbonyl (C=O) groups is 1. The van der Waals surface area contributed by atoms with E-state index in [0.29, 0.717) is 5.57 Å². The Hall–Kier alpha value is -2.47. The lowest BCUT2D eigenvalue weighted by Crippen LogP contribution is -2.03. The minimum Gasteiger partial charge on any atom is -0.345 e. The summed E-state index contributed by atoms with van der Waals surface area (Å²) in [4.78, 5) is 23.3. The van der Waals surface area contributed by atoms with Crippen molar-refractivity contribution in [3.8, 4) is 0 Å². The molecule has 0 radical (unpaired) electrons. The lowest BCUT2D eigenvalue weighted by Gasteiger charge is -1.99. The van der Waals surface area contributed by atoms with Gasteiger partial charge in [-0.3, -0.25) is 4.79 Å². The molecule has 1 amide bonds. The normalized spacial score (nSPS) is 16.0. The number of hydrogen-bond donors (Lipinski definition) is 2. The van der Waals surface area contributed by atoms with Crippen molar-refractivity contribution in [2.45, 2.75) is 0 Å². The summed E-state index contributed by atoms with van der Waals surface area (Å²) < 4.78 is 1.03. The van der Waals surface area contributed by atoms with Crippen LogP contribution in [0.25, 0.3) is 21.9 Å². The number of fused-ring (bicyclic) bond motifs is 3. The van der Waals surface area contributed by atoms with Crippen molar-refractivity contribution < 1.29 is 4.79 Å². The number of hydrogen-bond acceptors (Lipinski definition) is 4. The Balaban J connectivity index is 2.00. The Labute approximate surface area is 112 Å². The third-order valence-corrected chi connectivity index (χ3v) is 3.94. The lowest BCUT2D eigenvalue weighted by molar-refractivity contribution is -0.110. The Morgan fingerprint density at radius 2 is 2.26 bits per heavy atom. The van der Waals surface area contributed by atoms with Crippen molar-refractivity contribution >= 4 is 44.8 Å². The first-order valence-electron chi connectivity index (χ1n) is 5.71. The maximum atomic E-state index is 12.1. The molecule has 1 aliphatic heterocycles. The molecule has 3 aromatic rings. The SMILES string of the molecule is O=C1Nc2ccc3ncsc3c2/C1=C/c1cnc[nH]1. The van der Waals surface area contributed by atoms with E-state index in [0.717, 1.165) is 27.2 Å². The third-order valence-electron chi connectivity index (χ3n) is 3.08. The number of amides is 1. The maximum absolute atomic E-state index is 12.1. The first-order chi connectivity index (χ1) is 9.33. The second kappa shape index (κ2) is 3.76. The van der Waals surface area contributed by atoms with Gasteiger partial charge in [-0.25, -0.2) is 9.97 Å². The fourth-order valence-electron chi connectivity index (χ4n) is 2.24. The minimum atomic E-state index is -0.0921. The zero-order valence-corrected chi connectivity index (χ0v) is 10.5. The average Bonchev–Trinajstić information content (AvgIpc) is 3.10. The second-order valence-electron chi connectivity index (χ2n) is 4.21. The lowest BCUT2D eigenvalue weighted by atomic mass is 10.1. The van der Waals surface area contributed by atoms with Crippen LogP contribution < -0.4 is 5.32 Å². The van der Waals surface area contributed by atoms with Gasteiger partial charge in [-0.2, -0.15) is 0 Å². The highest BCUT2D eigenvalue weighted by Crippen LogP contribution is 2.39. The van der Waals surface area contributed by atoms with Gasteiger partial charge in [0.15, 0.2) is 0 Å². The van der Waals surface area contributed by atoms with Crippen molar-refractivity contribution in [1.29, 1.82) is 0 Å². The van der Waals surface area contributed by atoms with E-state index in [1.807, 2.05) is 18.2 Å². The van der Waals surface area contributed by atoms with Gasteiger partial charge < -0.3 is 10.3 Å². The molecule has 0 fully saturated rings. The number of benzene rings is 1. The summed E-state index contributed by atoms with van der Waals surface area (Å²) >= 11 is 1.54. The van der Waals surface area contributed by atoms with Crippen molar-refractivity contribution in [2.75, 3.05) is 5.32 Å². The van der Waals surface area contributed by atoms with Crippen molar-refractivity contribution in [1.82, 2.24) is 15.0 Å². The molecule has 92 valence electrons. The summed E-state index contributed by atoms with van der Waals surface area (Å²) in [7, 11) is 0. The van der Waals surface area contributed by atoms with Crippen LogP contribution in [0.1, 0.15) is 11.3 Å². The largest absolute Gasteiger partial charge is 0.345 e. The van der Waals surface area contributed by atoms with Crippen LogP contribution in [-0.4, -0.2) is 20.9 Å². The third kappa shape index (κ3) is 1.50. The van der Waals surface area contributed by atoms with E-state index in [9.17, 15) is 4.79 Å². The van der Waals surface area contributed by atoms with Gasteiger partial charge in [-0.05, 0) is 18.2 Å². The highest BCUT2D eigenvalue weighted by atomic mass is 32.1. The highest BCUT2D eigenvalue weighted by Gasteiger charge is 2.27. The van der Waals surface area contributed by atoms with Gasteiger partial charge in [-0.15, -0.1) is 11.3 Å². The number of nitrogens with zero attached hydrogens (tertiary/aromatic N) is 2. The van der Waals surface area contributed by atoms with Gasteiger partial charge in [0.2, 0.25) is 0 Å². The first kappa shape index (κ1) is 10.5. The number of thiazole rings is 1. The predicted octanol–water partition coefficient (Wildman–Crippen LogP) is 2.51. The number of anilines is 1. The number of aromatic amines is 1. The number of imidazole rings is 1.